The van der Waals surface area contributed by atoms with Crippen molar-refractivity contribution in [2.45, 2.75) is 12.5 Å². The molecule has 1 aliphatic heterocycles. The zero-order chi connectivity index (χ0) is 16.2. The molecule has 1 aliphatic rings. The first-order valence-electron chi connectivity index (χ1n) is 7.26. The van der Waals surface area contributed by atoms with Crippen LogP contribution in [0.3, 0.4) is 0 Å². The van der Waals surface area contributed by atoms with Crippen molar-refractivity contribution >= 4 is 23.4 Å². The van der Waals surface area contributed by atoms with E-state index in [-0.39, 0.29) is 17.9 Å². The number of carbonyl (C=O) groups is 2. The molecule has 6 nitrogen and oxygen atoms in total. The van der Waals surface area contributed by atoms with Crippen molar-refractivity contribution in [3.63, 3.8) is 0 Å². The molecule has 23 heavy (non-hydrogen) atoms. The average Bonchev–Trinajstić information content (AvgIpc) is 3.03. The van der Waals surface area contributed by atoms with Gasteiger partial charge in [-0.05, 0) is 24.6 Å². The van der Waals surface area contributed by atoms with Gasteiger partial charge in [0.05, 0.1) is 10.6 Å². The summed E-state index contributed by atoms with van der Waals surface area (Å²) in [6, 6.07) is 6.71. The van der Waals surface area contributed by atoms with Crippen molar-refractivity contribution in [1.82, 2.24) is 20.2 Å². The van der Waals surface area contributed by atoms with Crippen LogP contribution in [0.5, 0.6) is 0 Å². The highest BCUT2D eigenvalue weighted by atomic mass is 35.5. The van der Waals surface area contributed by atoms with Crippen LogP contribution in [0.4, 0.5) is 0 Å². The lowest BCUT2D eigenvalue weighted by molar-refractivity contribution is 0.0777. The molecule has 2 aromatic heterocycles. The van der Waals surface area contributed by atoms with Gasteiger partial charge in [-0.2, -0.15) is 0 Å². The van der Waals surface area contributed by atoms with Crippen LogP contribution in [0.15, 0.2) is 42.9 Å². The van der Waals surface area contributed by atoms with Gasteiger partial charge < -0.3 is 10.2 Å². The molecule has 0 spiro atoms. The Kier molecular flexibility index (Phi) is 4.52. The van der Waals surface area contributed by atoms with E-state index < -0.39 is 0 Å². The van der Waals surface area contributed by atoms with E-state index >= 15 is 0 Å². The van der Waals surface area contributed by atoms with E-state index in [9.17, 15) is 9.59 Å². The minimum absolute atomic E-state index is 0.0978. The third kappa shape index (κ3) is 3.48. The highest BCUT2D eigenvalue weighted by molar-refractivity contribution is 6.33. The van der Waals surface area contributed by atoms with Crippen molar-refractivity contribution < 1.29 is 9.59 Å². The molecule has 2 aromatic rings. The fraction of sp³-hybridized carbons (Fsp3) is 0.250. The maximum atomic E-state index is 12.3. The lowest BCUT2D eigenvalue weighted by Gasteiger charge is -2.17. The summed E-state index contributed by atoms with van der Waals surface area (Å²) in [5.41, 5.74) is 0.799. The molecular weight excluding hydrogens is 316 g/mol. The number of carbonyl (C=O) groups excluding carboxylic acids is 2. The molecule has 1 saturated heterocycles. The van der Waals surface area contributed by atoms with Gasteiger partial charge in [0.15, 0.2) is 0 Å². The summed E-state index contributed by atoms with van der Waals surface area (Å²) in [5, 5.41) is 3.22. The second-order valence-electron chi connectivity index (χ2n) is 5.28. The SMILES string of the molecule is O=C(N[C@H]1CCN(C(=O)c2ccccn2)C1)c1ccncc1Cl. The van der Waals surface area contributed by atoms with Crippen molar-refractivity contribution in [2.75, 3.05) is 13.1 Å². The molecule has 2 amide bonds. The molecule has 1 atom stereocenters. The van der Waals surface area contributed by atoms with E-state index in [4.69, 9.17) is 11.6 Å². The topological polar surface area (TPSA) is 75.2 Å². The molecule has 7 heteroatoms. The molecular formula is C16H15ClN4O2. The van der Waals surface area contributed by atoms with E-state index in [0.717, 1.165) is 0 Å². The molecule has 0 bridgehead atoms. The Morgan fingerprint density at radius 2 is 2.13 bits per heavy atom. The Morgan fingerprint density at radius 3 is 2.87 bits per heavy atom. The van der Waals surface area contributed by atoms with E-state index in [2.05, 4.69) is 15.3 Å². The molecule has 1 N–H and O–H groups in total. The van der Waals surface area contributed by atoms with Crippen molar-refractivity contribution in [2.24, 2.45) is 0 Å². The summed E-state index contributed by atoms with van der Waals surface area (Å²) in [7, 11) is 0. The Morgan fingerprint density at radius 1 is 1.26 bits per heavy atom. The first-order chi connectivity index (χ1) is 11.1. The van der Waals surface area contributed by atoms with Crippen LogP contribution in [0.25, 0.3) is 0 Å². The second-order valence-corrected chi connectivity index (χ2v) is 5.69. The van der Waals surface area contributed by atoms with Gasteiger partial charge in [0.1, 0.15) is 5.69 Å². The Balaban J connectivity index is 1.61. The van der Waals surface area contributed by atoms with E-state index in [0.29, 0.717) is 35.8 Å². The number of likely N-dealkylation sites (tertiary alicyclic amines) is 1. The molecule has 0 aromatic carbocycles. The van der Waals surface area contributed by atoms with Crippen LogP contribution in [0.2, 0.25) is 5.02 Å². The smallest absolute Gasteiger partial charge is 0.272 e. The van der Waals surface area contributed by atoms with E-state index in [1.54, 1.807) is 35.4 Å². The number of rotatable bonds is 3. The molecule has 0 aliphatic carbocycles. The maximum absolute atomic E-state index is 12.3. The Bertz CT molecular complexity index is 723. The minimum atomic E-state index is -0.255. The van der Waals surface area contributed by atoms with Crippen molar-refractivity contribution in [3.05, 3.63) is 59.1 Å². The number of amides is 2. The first kappa shape index (κ1) is 15.4. The van der Waals surface area contributed by atoms with Crippen LogP contribution in [-0.4, -0.2) is 45.8 Å². The minimum Gasteiger partial charge on any atom is -0.347 e. The van der Waals surface area contributed by atoms with Crippen LogP contribution >= 0.6 is 11.6 Å². The standard InChI is InChI=1S/C16H15ClN4O2/c17-13-9-18-7-4-12(13)15(22)20-11-5-8-21(10-11)16(23)14-3-1-2-6-19-14/h1-4,6-7,9,11H,5,8,10H2,(H,20,22)/t11-/m0/s1. The van der Waals surface area contributed by atoms with Crippen molar-refractivity contribution in [1.29, 1.82) is 0 Å². The van der Waals surface area contributed by atoms with E-state index in [1.807, 2.05) is 0 Å². The lowest BCUT2D eigenvalue weighted by atomic mass is 10.2. The summed E-state index contributed by atoms with van der Waals surface area (Å²) >= 11 is 5.97. The quantitative estimate of drug-likeness (QED) is 0.930. The number of nitrogens with zero attached hydrogens (tertiary/aromatic N) is 3. The highest BCUT2D eigenvalue weighted by Crippen LogP contribution is 2.16. The van der Waals surface area contributed by atoms with Gasteiger partial charge in [-0.3, -0.25) is 19.6 Å². The third-order valence-corrected chi connectivity index (χ3v) is 4.01. The highest BCUT2D eigenvalue weighted by Gasteiger charge is 2.29. The van der Waals surface area contributed by atoms with Crippen LogP contribution in [-0.2, 0) is 0 Å². The Labute approximate surface area is 138 Å². The number of nitrogens with one attached hydrogen (secondary N) is 1. The van der Waals surface area contributed by atoms with Crippen LogP contribution < -0.4 is 5.32 Å². The normalized spacial score (nSPS) is 17.1. The van der Waals surface area contributed by atoms with Gasteiger partial charge in [-0.25, -0.2) is 0 Å². The molecule has 0 radical (unpaired) electrons. The Hall–Kier alpha value is -2.47. The van der Waals surface area contributed by atoms with Gasteiger partial charge in [0, 0.05) is 37.7 Å². The van der Waals surface area contributed by atoms with Crippen LogP contribution in [0, 0.1) is 0 Å². The van der Waals surface area contributed by atoms with Gasteiger partial charge in [0.25, 0.3) is 11.8 Å². The third-order valence-electron chi connectivity index (χ3n) is 3.71. The van der Waals surface area contributed by atoms with E-state index in [1.165, 1.54) is 12.4 Å². The number of aromatic nitrogens is 2. The zero-order valence-corrected chi connectivity index (χ0v) is 13.0. The molecule has 0 unspecified atom stereocenters. The molecule has 3 heterocycles. The summed E-state index contributed by atoms with van der Waals surface area (Å²) in [6.07, 6.45) is 5.25. The molecule has 118 valence electrons. The predicted octanol–water partition coefficient (Wildman–Crippen LogP) is 1.77. The fourth-order valence-corrected chi connectivity index (χ4v) is 2.74. The summed E-state index contributed by atoms with van der Waals surface area (Å²) in [6.45, 7) is 1.05. The molecule has 3 rings (SSSR count). The number of hydrogen-bond acceptors (Lipinski definition) is 4. The van der Waals surface area contributed by atoms with Gasteiger partial charge in [-0.15, -0.1) is 0 Å². The summed E-state index contributed by atoms with van der Waals surface area (Å²) < 4.78 is 0. The molecule has 1 fully saturated rings. The second kappa shape index (κ2) is 6.75. The van der Waals surface area contributed by atoms with Crippen LogP contribution in [0.1, 0.15) is 27.3 Å². The first-order valence-corrected chi connectivity index (χ1v) is 7.63. The maximum Gasteiger partial charge on any atom is 0.272 e. The predicted molar refractivity (Wildman–Crippen MR) is 85.3 cm³/mol. The van der Waals surface area contributed by atoms with Crippen molar-refractivity contribution in [3.8, 4) is 0 Å². The average molecular weight is 331 g/mol. The number of pyridine rings is 2. The largest absolute Gasteiger partial charge is 0.347 e. The zero-order valence-electron chi connectivity index (χ0n) is 12.3. The number of hydrogen-bond donors (Lipinski definition) is 1. The van der Waals surface area contributed by atoms with Gasteiger partial charge in [-0.1, -0.05) is 17.7 Å². The van der Waals surface area contributed by atoms with Gasteiger partial charge >= 0.3 is 0 Å². The summed E-state index contributed by atoms with van der Waals surface area (Å²) in [5.74, 6) is -0.376. The molecule has 0 saturated carbocycles. The van der Waals surface area contributed by atoms with Gasteiger partial charge in [0.2, 0.25) is 0 Å². The number of halogens is 1. The lowest BCUT2D eigenvalue weighted by Crippen LogP contribution is -2.38. The monoisotopic (exact) mass is 330 g/mol. The fourth-order valence-electron chi connectivity index (χ4n) is 2.54. The summed E-state index contributed by atoms with van der Waals surface area (Å²) in [4.78, 5) is 34.2.